The standard InChI is InChI=1S/C18H21NO/c1-20-17-10-8-16(9-11-17)19-13-12-15-7-6-14-4-2-3-5-18(14)15/h2-5,8-11,15,19H,6-7,12-13H2,1H3. The van der Waals surface area contributed by atoms with Gasteiger partial charge in [0.15, 0.2) is 0 Å². The zero-order valence-corrected chi connectivity index (χ0v) is 11.9. The van der Waals surface area contributed by atoms with Crippen molar-refractivity contribution in [2.24, 2.45) is 0 Å². The van der Waals surface area contributed by atoms with Gasteiger partial charge in [0.2, 0.25) is 0 Å². The van der Waals surface area contributed by atoms with E-state index >= 15 is 0 Å². The van der Waals surface area contributed by atoms with Crippen molar-refractivity contribution in [3.8, 4) is 5.75 Å². The molecule has 2 aromatic rings. The number of methoxy groups -OCH3 is 1. The first-order valence-corrected chi connectivity index (χ1v) is 7.32. The summed E-state index contributed by atoms with van der Waals surface area (Å²) in [6.45, 7) is 1.02. The van der Waals surface area contributed by atoms with E-state index in [-0.39, 0.29) is 0 Å². The van der Waals surface area contributed by atoms with Gasteiger partial charge in [0.1, 0.15) is 5.75 Å². The Hall–Kier alpha value is -1.96. The molecule has 1 aliphatic carbocycles. The zero-order valence-electron chi connectivity index (χ0n) is 11.9. The summed E-state index contributed by atoms with van der Waals surface area (Å²) in [5.74, 6) is 1.62. The van der Waals surface area contributed by atoms with Crippen LogP contribution in [0.4, 0.5) is 5.69 Å². The van der Waals surface area contributed by atoms with Gasteiger partial charge in [-0.05, 0) is 60.6 Å². The first-order chi connectivity index (χ1) is 9.86. The highest BCUT2D eigenvalue weighted by Gasteiger charge is 2.20. The number of anilines is 1. The molecule has 1 unspecified atom stereocenters. The highest BCUT2D eigenvalue weighted by atomic mass is 16.5. The fourth-order valence-electron chi connectivity index (χ4n) is 3.04. The molecule has 0 radical (unpaired) electrons. The number of fused-ring (bicyclic) bond motifs is 1. The topological polar surface area (TPSA) is 21.3 Å². The van der Waals surface area contributed by atoms with Gasteiger partial charge in [-0.1, -0.05) is 24.3 Å². The van der Waals surface area contributed by atoms with Crippen LogP contribution in [0.2, 0.25) is 0 Å². The van der Waals surface area contributed by atoms with Crippen molar-refractivity contribution in [3.63, 3.8) is 0 Å². The number of rotatable bonds is 5. The molecule has 0 aliphatic heterocycles. The molecule has 0 amide bonds. The molecule has 104 valence electrons. The van der Waals surface area contributed by atoms with Gasteiger partial charge in [-0.25, -0.2) is 0 Å². The van der Waals surface area contributed by atoms with Gasteiger partial charge >= 0.3 is 0 Å². The van der Waals surface area contributed by atoms with Crippen molar-refractivity contribution in [3.05, 3.63) is 59.7 Å². The normalized spacial score (nSPS) is 16.8. The molecule has 20 heavy (non-hydrogen) atoms. The molecule has 0 fully saturated rings. The van der Waals surface area contributed by atoms with Gasteiger partial charge in [0, 0.05) is 12.2 Å². The molecule has 1 N–H and O–H groups in total. The SMILES string of the molecule is COc1ccc(NCCC2CCc3ccccc32)cc1. The summed E-state index contributed by atoms with van der Waals surface area (Å²) in [6.07, 6.45) is 3.73. The fraction of sp³-hybridized carbons (Fsp3) is 0.333. The van der Waals surface area contributed by atoms with Gasteiger partial charge in [0.05, 0.1) is 7.11 Å². The summed E-state index contributed by atoms with van der Waals surface area (Å²) in [7, 11) is 1.69. The number of aryl methyl sites for hydroxylation is 1. The van der Waals surface area contributed by atoms with E-state index in [1.165, 1.54) is 19.3 Å². The van der Waals surface area contributed by atoms with Crippen molar-refractivity contribution >= 4 is 5.69 Å². The lowest BCUT2D eigenvalue weighted by molar-refractivity contribution is 0.415. The molecule has 2 nitrogen and oxygen atoms in total. The molecular formula is C18H21NO. The monoisotopic (exact) mass is 267 g/mol. The van der Waals surface area contributed by atoms with Crippen LogP contribution in [-0.4, -0.2) is 13.7 Å². The van der Waals surface area contributed by atoms with Crippen LogP contribution in [0.15, 0.2) is 48.5 Å². The van der Waals surface area contributed by atoms with Crippen molar-refractivity contribution in [1.82, 2.24) is 0 Å². The average Bonchev–Trinajstić information content (AvgIpc) is 2.92. The summed E-state index contributed by atoms with van der Waals surface area (Å²) in [4.78, 5) is 0. The highest BCUT2D eigenvalue weighted by molar-refractivity contribution is 5.46. The quantitative estimate of drug-likeness (QED) is 0.875. The third-order valence-corrected chi connectivity index (χ3v) is 4.17. The number of hydrogen-bond acceptors (Lipinski definition) is 2. The molecule has 0 aromatic heterocycles. The number of hydrogen-bond donors (Lipinski definition) is 1. The van der Waals surface area contributed by atoms with E-state index < -0.39 is 0 Å². The molecule has 0 bridgehead atoms. The zero-order chi connectivity index (χ0) is 13.8. The van der Waals surface area contributed by atoms with Gasteiger partial charge in [-0.15, -0.1) is 0 Å². The van der Waals surface area contributed by atoms with Crippen LogP contribution in [0.1, 0.15) is 29.9 Å². The van der Waals surface area contributed by atoms with Crippen molar-refractivity contribution in [1.29, 1.82) is 0 Å². The van der Waals surface area contributed by atoms with Crippen LogP contribution < -0.4 is 10.1 Å². The maximum atomic E-state index is 5.17. The molecule has 0 saturated heterocycles. The molecule has 0 saturated carbocycles. The molecule has 2 aromatic carbocycles. The van der Waals surface area contributed by atoms with Crippen LogP contribution in [0.3, 0.4) is 0 Å². The Morgan fingerprint density at radius 2 is 1.90 bits per heavy atom. The first kappa shape index (κ1) is 13.0. The van der Waals surface area contributed by atoms with Gasteiger partial charge in [0.25, 0.3) is 0 Å². The molecule has 0 heterocycles. The van der Waals surface area contributed by atoms with Crippen molar-refractivity contribution in [2.75, 3.05) is 19.0 Å². The Kier molecular flexibility index (Phi) is 3.91. The number of ether oxygens (including phenoxy) is 1. The second kappa shape index (κ2) is 6.00. The molecule has 2 heteroatoms. The van der Waals surface area contributed by atoms with Crippen LogP contribution in [0.25, 0.3) is 0 Å². The molecule has 3 rings (SSSR count). The maximum Gasteiger partial charge on any atom is 0.119 e. The minimum Gasteiger partial charge on any atom is -0.497 e. The van der Waals surface area contributed by atoms with Gasteiger partial charge in [-0.3, -0.25) is 0 Å². The second-order valence-electron chi connectivity index (χ2n) is 5.38. The maximum absolute atomic E-state index is 5.17. The largest absolute Gasteiger partial charge is 0.497 e. The summed E-state index contributed by atoms with van der Waals surface area (Å²) < 4.78 is 5.17. The van der Waals surface area contributed by atoms with E-state index in [1.54, 1.807) is 18.2 Å². The van der Waals surface area contributed by atoms with E-state index in [2.05, 4.69) is 41.7 Å². The minimum atomic E-state index is 0.719. The van der Waals surface area contributed by atoms with Crippen molar-refractivity contribution < 1.29 is 4.74 Å². The van der Waals surface area contributed by atoms with Gasteiger partial charge in [-0.2, -0.15) is 0 Å². The number of nitrogens with one attached hydrogen (secondary N) is 1. The second-order valence-corrected chi connectivity index (χ2v) is 5.38. The van der Waals surface area contributed by atoms with E-state index in [1.807, 2.05) is 12.1 Å². The Balaban J connectivity index is 1.53. The lowest BCUT2D eigenvalue weighted by Crippen LogP contribution is -2.06. The van der Waals surface area contributed by atoms with Crippen LogP contribution in [-0.2, 0) is 6.42 Å². The van der Waals surface area contributed by atoms with Crippen LogP contribution in [0, 0.1) is 0 Å². The lowest BCUT2D eigenvalue weighted by atomic mass is 9.98. The fourth-order valence-corrected chi connectivity index (χ4v) is 3.04. The number of benzene rings is 2. The molecule has 1 atom stereocenters. The lowest BCUT2D eigenvalue weighted by Gasteiger charge is -2.13. The van der Waals surface area contributed by atoms with E-state index in [0.717, 1.165) is 23.9 Å². The summed E-state index contributed by atoms with van der Waals surface area (Å²) in [5.41, 5.74) is 4.27. The predicted molar refractivity (Wildman–Crippen MR) is 83.6 cm³/mol. The molecule has 0 spiro atoms. The van der Waals surface area contributed by atoms with Crippen LogP contribution in [0.5, 0.6) is 5.75 Å². The summed E-state index contributed by atoms with van der Waals surface area (Å²) in [5, 5.41) is 3.50. The third-order valence-electron chi connectivity index (χ3n) is 4.17. The molecular weight excluding hydrogens is 246 g/mol. The van der Waals surface area contributed by atoms with E-state index in [0.29, 0.717) is 0 Å². The Morgan fingerprint density at radius 3 is 2.70 bits per heavy atom. The molecule has 1 aliphatic rings. The third kappa shape index (κ3) is 2.79. The minimum absolute atomic E-state index is 0.719. The average molecular weight is 267 g/mol. The predicted octanol–water partition coefficient (Wildman–Crippen LogP) is 4.23. The van der Waals surface area contributed by atoms with E-state index in [9.17, 15) is 0 Å². The first-order valence-electron chi connectivity index (χ1n) is 7.32. The Bertz CT molecular complexity index is 562. The Morgan fingerprint density at radius 1 is 1.10 bits per heavy atom. The van der Waals surface area contributed by atoms with Crippen molar-refractivity contribution in [2.45, 2.75) is 25.2 Å². The smallest absolute Gasteiger partial charge is 0.119 e. The van der Waals surface area contributed by atoms with Crippen LogP contribution >= 0.6 is 0 Å². The highest BCUT2D eigenvalue weighted by Crippen LogP contribution is 2.35. The van der Waals surface area contributed by atoms with E-state index in [4.69, 9.17) is 4.74 Å². The summed E-state index contributed by atoms with van der Waals surface area (Å²) >= 11 is 0. The van der Waals surface area contributed by atoms with Gasteiger partial charge < -0.3 is 10.1 Å². The summed E-state index contributed by atoms with van der Waals surface area (Å²) in [6, 6.07) is 17.0. The Labute approximate surface area is 120 Å².